The predicted octanol–water partition coefficient (Wildman–Crippen LogP) is 31.1. The molecule has 0 bridgehead atoms. The molecule has 0 aliphatic rings. The van der Waals surface area contributed by atoms with Gasteiger partial charge in [-0.15, -0.1) is 22.7 Å². The zero-order valence-electron chi connectivity index (χ0n) is 67.1. The van der Waals surface area contributed by atoms with Gasteiger partial charge in [0.05, 0.1) is 60.0 Å². The summed E-state index contributed by atoms with van der Waals surface area (Å²) in [6.07, 6.45) is 0. The molecule has 0 atom stereocenters. The number of hydrogen-bond acceptors (Lipinski definition) is 7. The van der Waals surface area contributed by atoms with E-state index in [1.807, 2.05) is 17.4 Å². The highest BCUT2D eigenvalue weighted by molar-refractivity contribution is 7.26. The van der Waals surface area contributed by atoms with Crippen LogP contribution >= 0.6 is 22.7 Å². The van der Waals surface area contributed by atoms with Gasteiger partial charge in [-0.3, -0.25) is 9.13 Å². The van der Waals surface area contributed by atoms with E-state index in [2.05, 4.69) is 425 Å². The number of thiophene rings is 2. The molecule has 0 radical (unpaired) electrons. The molecule has 582 valence electrons. The lowest BCUT2D eigenvalue weighted by atomic mass is 10.00. The van der Waals surface area contributed by atoms with E-state index in [1.54, 1.807) is 11.3 Å². The van der Waals surface area contributed by atoms with E-state index in [0.717, 1.165) is 116 Å². The van der Waals surface area contributed by atoms with E-state index < -0.39 is 0 Å². The van der Waals surface area contributed by atoms with Gasteiger partial charge in [0.1, 0.15) is 16.8 Å². The largest absolute Gasteiger partial charge is 0.451 e. The molecule has 0 N–H and O–H groups in total. The molecular formula is C114H68N8OS2. The smallest absolute Gasteiger partial charge is 0.236 e. The predicted molar refractivity (Wildman–Crippen MR) is 525 cm³/mol. The molecule has 125 heavy (non-hydrogen) atoms. The van der Waals surface area contributed by atoms with Crippen molar-refractivity contribution in [1.82, 2.24) is 38.2 Å². The molecule has 27 rings (SSSR count). The second kappa shape index (κ2) is 28.2. The standard InChI is InChI=1S/C58H34N4OS.C56H34N4S/c1-3-15-35(16-4-1)53-56-54(45-25-13-22-42(55(45)63-56)44-24-14-23-43-41-21-9-12-28-52(41)64-57(43)44)60-58(59-53)62-49-27-11-8-20-40(49)47-34-37(30-32-51(47)62)36-29-31-50-46(33-36)39-19-7-10-26-48(39)61(50)38-17-5-2-6-18-38;1-3-14-36(15-4-1)53-55-54(47-34-41(27-30-52(47)61-55)38-24-23-35-13-7-8-16-37(35)31-38)58-56(57-53)60-49-22-12-10-20-44(49)46-33-40(26-29-51(46)60)39-25-28-50-45(32-39)43-19-9-11-21-48(43)59(50)42-17-5-2-6-18-42/h1-34H;1-34H. The number of rotatable bonds is 10. The summed E-state index contributed by atoms with van der Waals surface area (Å²) in [5.74, 6) is 1.26. The van der Waals surface area contributed by atoms with Crippen molar-refractivity contribution in [2.45, 2.75) is 0 Å². The molecular weight excluding hydrogens is 1560 g/mol. The van der Waals surface area contributed by atoms with E-state index in [9.17, 15) is 0 Å². The summed E-state index contributed by atoms with van der Waals surface area (Å²) in [6.45, 7) is 0. The average Bonchev–Trinajstić information content (AvgIpc) is 1.57. The Balaban J connectivity index is 0.000000133. The molecule has 18 aromatic carbocycles. The summed E-state index contributed by atoms with van der Waals surface area (Å²) in [5, 5.41) is 16.6. The van der Waals surface area contributed by atoms with Gasteiger partial charge in [0.15, 0.2) is 5.58 Å². The molecule has 27 aromatic rings. The van der Waals surface area contributed by atoms with Crippen molar-refractivity contribution in [3.05, 3.63) is 413 Å². The van der Waals surface area contributed by atoms with Crippen molar-refractivity contribution < 1.29 is 4.42 Å². The molecule has 9 aromatic heterocycles. The summed E-state index contributed by atoms with van der Waals surface area (Å²) in [4.78, 5) is 21.8. The van der Waals surface area contributed by atoms with Crippen LogP contribution in [-0.4, -0.2) is 38.2 Å². The van der Waals surface area contributed by atoms with Crippen LogP contribution in [-0.2, 0) is 0 Å². The third kappa shape index (κ3) is 11.2. The van der Waals surface area contributed by atoms with Crippen molar-refractivity contribution in [1.29, 1.82) is 0 Å². The van der Waals surface area contributed by atoms with Crippen molar-refractivity contribution in [3.63, 3.8) is 0 Å². The fourth-order valence-corrected chi connectivity index (χ4v) is 21.9. The second-order valence-electron chi connectivity index (χ2n) is 32.3. The maximum absolute atomic E-state index is 7.01. The molecule has 0 saturated heterocycles. The molecule has 9 nitrogen and oxygen atoms in total. The summed E-state index contributed by atoms with van der Waals surface area (Å²) < 4.78 is 21.0. The SMILES string of the molecule is c1ccc(-c2nc(-n3c4ccccc4c4cc(-c5ccc6c(c5)c5ccccc5n6-c5ccccc5)ccc43)nc3c2oc2c(-c4cccc5c4sc4ccccc45)cccc23)cc1.c1ccc(-c2nc(-n3c4ccccc4c4cc(-c5ccc6c(c5)c5ccccc5n6-c5ccccc5)ccc43)nc3c2sc2ccc(-c4ccc5ccccc5c4)cc23)cc1. The van der Waals surface area contributed by atoms with E-state index in [0.29, 0.717) is 17.5 Å². The van der Waals surface area contributed by atoms with Crippen LogP contribution in [0.2, 0.25) is 0 Å². The quantitative estimate of drug-likeness (QED) is 0.136. The summed E-state index contributed by atoms with van der Waals surface area (Å²) >= 11 is 3.60. The molecule has 0 spiro atoms. The normalized spacial score (nSPS) is 12.0. The summed E-state index contributed by atoms with van der Waals surface area (Å²) in [7, 11) is 0. The van der Waals surface area contributed by atoms with Crippen LogP contribution in [0.25, 0.3) is 251 Å². The molecule has 11 heteroatoms. The third-order valence-electron chi connectivity index (χ3n) is 25.3. The van der Waals surface area contributed by atoms with Gasteiger partial charge in [0.25, 0.3) is 0 Å². The van der Waals surface area contributed by atoms with Crippen LogP contribution in [0.4, 0.5) is 0 Å². The minimum Gasteiger partial charge on any atom is -0.451 e. The van der Waals surface area contributed by atoms with Crippen molar-refractivity contribution >= 4 is 183 Å². The van der Waals surface area contributed by atoms with Gasteiger partial charge in [-0.05, 0) is 172 Å². The van der Waals surface area contributed by atoms with E-state index in [1.165, 1.54) is 118 Å². The fourth-order valence-electron chi connectivity index (χ4n) is 19.5. The van der Waals surface area contributed by atoms with Gasteiger partial charge >= 0.3 is 0 Å². The van der Waals surface area contributed by atoms with Crippen molar-refractivity contribution in [3.8, 4) is 90.3 Å². The second-order valence-corrected chi connectivity index (χ2v) is 34.4. The number of para-hydroxylation sites is 7. The zero-order chi connectivity index (χ0) is 81.9. The first-order valence-corrected chi connectivity index (χ1v) is 43.9. The van der Waals surface area contributed by atoms with Crippen LogP contribution in [0.15, 0.2) is 417 Å². The van der Waals surface area contributed by atoms with E-state index in [-0.39, 0.29) is 0 Å². The van der Waals surface area contributed by atoms with E-state index in [4.69, 9.17) is 24.4 Å². The lowest BCUT2D eigenvalue weighted by molar-refractivity contribution is 0.667. The number of aromatic nitrogens is 8. The van der Waals surface area contributed by atoms with Crippen LogP contribution in [0.5, 0.6) is 0 Å². The zero-order valence-corrected chi connectivity index (χ0v) is 68.7. The molecule has 0 aliphatic heterocycles. The van der Waals surface area contributed by atoms with Gasteiger partial charge in [0, 0.05) is 112 Å². The Bertz CT molecular complexity index is 9130. The Morgan fingerprint density at radius 1 is 0.200 bits per heavy atom. The number of hydrogen-bond donors (Lipinski definition) is 0. The third-order valence-corrected chi connectivity index (χ3v) is 27.7. The number of furan rings is 1. The van der Waals surface area contributed by atoms with Crippen molar-refractivity contribution in [2.75, 3.05) is 0 Å². The van der Waals surface area contributed by atoms with Crippen molar-refractivity contribution in [2.24, 2.45) is 0 Å². The maximum atomic E-state index is 7.01. The van der Waals surface area contributed by atoms with Crippen LogP contribution in [0.1, 0.15) is 0 Å². The van der Waals surface area contributed by atoms with Crippen LogP contribution < -0.4 is 0 Å². The Hall–Kier alpha value is -16.2. The number of nitrogens with zero attached hydrogens (tertiary/aromatic N) is 8. The number of benzene rings is 18. The monoisotopic (exact) mass is 1630 g/mol. The summed E-state index contributed by atoms with van der Waals surface area (Å²) in [6, 6.07) is 148. The number of fused-ring (bicyclic) bond motifs is 22. The Morgan fingerprint density at radius 3 is 1.11 bits per heavy atom. The van der Waals surface area contributed by atoms with Gasteiger partial charge in [0.2, 0.25) is 11.9 Å². The summed E-state index contributed by atoms with van der Waals surface area (Å²) in [5.41, 5.74) is 27.5. The highest BCUT2D eigenvalue weighted by Gasteiger charge is 2.27. The molecule has 0 saturated carbocycles. The molecule has 9 heterocycles. The Kier molecular flexibility index (Phi) is 15.9. The fraction of sp³-hybridized carbons (Fsp3) is 0. The first-order valence-electron chi connectivity index (χ1n) is 42.2. The molecule has 0 amide bonds. The minimum atomic E-state index is 0.597. The van der Waals surface area contributed by atoms with Gasteiger partial charge in [-0.2, -0.15) is 0 Å². The lowest BCUT2D eigenvalue weighted by Crippen LogP contribution is -2.02. The van der Waals surface area contributed by atoms with Crippen LogP contribution in [0, 0.1) is 0 Å². The lowest BCUT2D eigenvalue weighted by Gasteiger charge is -2.11. The van der Waals surface area contributed by atoms with Gasteiger partial charge in [-0.1, -0.05) is 285 Å². The van der Waals surface area contributed by atoms with Crippen LogP contribution in [0.3, 0.4) is 0 Å². The first kappa shape index (κ1) is 70.6. The van der Waals surface area contributed by atoms with Gasteiger partial charge in [-0.25, -0.2) is 19.9 Å². The maximum Gasteiger partial charge on any atom is 0.236 e. The average molecular weight is 1630 g/mol. The molecule has 0 aliphatic carbocycles. The highest BCUT2D eigenvalue weighted by Crippen LogP contribution is 2.49. The Morgan fingerprint density at radius 2 is 0.568 bits per heavy atom. The minimum absolute atomic E-state index is 0.597. The first-order chi connectivity index (χ1) is 62.0. The molecule has 0 fully saturated rings. The topological polar surface area (TPSA) is 84.4 Å². The van der Waals surface area contributed by atoms with Gasteiger partial charge < -0.3 is 13.6 Å². The molecule has 0 unspecified atom stereocenters. The van der Waals surface area contributed by atoms with E-state index >= 15 is 0 Å². The highest BCUT2D eigenvalue weighted by atomic mass is 32.1. The Labute approximate surface area is 723 Å².